The fourth-order valence-electron chi connectivity index (χ4n) is 2.26. The van der Waals surface area contributed by atoms with Gasteiger partial charge in [-0.3, -0.25) is 0 Å². The normalized spacial score (nSPS) is 23.7. The van der Waals surface area contributed by atoms with Crippen LogP contribution in [-0.4, -0.2) is 45.7 Å². The van der Waals surface area contributed by atoms with Crippen molar-refractivity contribution in [3.63, 3.8) is 0 Å². The summed E-state index contributed by atoms with van der Waals surface area (Å²) >= 11 is 1.75. The number of benzene rings is 1. The monoisotopic (exact) mass is 315 g/mol. The first-order chi connectivity index (χ1) is 9.50. The van der Waals surface area contributed by atoms with Gasteiger partial charge in [0.1, 0.15) is 0 Å². The van der Waals surface area contributed by atoms with Crippen LogP contribution in [0, 0.1) is 0 Å². The van der Waals surface area contributed by atoms with Gasteiger partial charge in [0.05, 0.1) is 11.5 Å². The summed E-state index contributed by atoms with van der Waals surface area (Å²) in [6, 6.07) is 7.54. The van der Waals surface area contributed by atoms with Gasteiger partial charge in [-0.1, -0.05) is 6.92 Å². The molecule has 0 aliphatic carbocycles. The first-order valence-corrected chi connectivity index (χ1v) is 9.55. The predicted molar refractivity (Wildman–Crippen MR) is 82.1 cm³/mol. The van der Waals surface area contributed by atoms with Crippen LogP contribution in [0.5, 0.6) is 0 Å². The minimum atomic E-state index is -3.12. The lowest BCUT2D eigenvalue weighted by Crippen LogP contribution is -2.44. The van der Waals surface area contributed by atoms with Crippen LogP contribution in [0.2, 0.25) is 0 Å². The second-order valence-electron chi connectivity index (χ2n) is 4.93. The number of thioether (sulfide) groups is 1. The quantitative estimate of drug-likeness (QED) is 0.900. The highest BCUT2D eigenvalue weighted by Gasteiger charge is 2.25. The molecular formula is C14H21NO3S2. The molecule has 1 aromatic carbocycles. The van der Waals surface area contributed by atoms with E-state index in [1.54, 1.807) is 23.9 Å². The van der Waals surface area contributed by atoms with Gasteiger partial charge < -0.3 is 10.1 Å². The van der Waals surface area contributed by atoms with E-state index in [9.17, 15) is 8.42 Å². The van der Waals surface area contributed by atoms with E-state index in [1.807, 2.05) is 12.1 Å². The summed E-state index contributed by atoms with van der Waals surface area (Å²) in [5.74, 6) is 0. The third-order valence-corrected chi connectivity index (χ3v) is 5.75. The van der Waals surface area contributed by atoms with Crippen molar-refractivity contribution >= 4 is 21.6 Å². The van der Waals surface area contributed by atoms with Crippen molar-refractivity contribution in [2.45, 2.75) is 34.4 Å². The molecule has 0 radical (unpaired) electrons. The van der Waals surface area contributed by atoms with Crippen molar-refractivity contribution in [1.29, 1.82) is 0 Å². The Morgan fingerprint density at radius 3 is 2.65 bits per heavy atom. The first-order valence-electron chi connectivity index (χ1n) is 6.78. The summed E-state index contributed by atoms with van der Waals surface area (Å²) < 4.78 is 28.4. The lowest BCUT2D eigenvalue weighted by molar-refractivity contribution is 0.0837. The van der Waals surface area contributed by atoms with Gasteiger partial charge in [-0.2, -0.15) is 0 Å². The fraction of sp³-hybridized carbons (Fsp3) is 0.571. The second-order valence-corrected chi connectivity index (χ2v) is 8.26. The summed E-state index contributed by atoms with van der Waals surface area (Å²) in [5.41, 5.74) is 0. The summed E-state index contributed by atoms with van der Waals surface area (Å²) in [4.78, 5) is 1.45. The van der Waals surface area contributed by atoms with Crippen molar-refractivity contribution in [2.24, 2.45) is 0 Å². The van der Waals surface area contributed by atoms with Crippen LogP contribution in [0.3, 0.4) is 0 Å². The molecule has 1 saturated heterocycles. The molecule has 112 valence electrons. The molecule has 6 heteroatoms. The maximum Gasteiger partial charge on any atom is 0.175 e. The Morgan fingerprint density at radius 2 is 2.05 bits per heavy atom. The van der Waals surface area contributed by atoms with Gasteiger partial charge in [-0.15, -0.1) is 11.8 Å². The Kier molecular flexibility index (Phi) is 5.49. The van der Waals surface area contributed by atoms with Gasteiger partial charge in [0.25, 0.3) is 0 Å². The molecule has 0 amide bonds. The Hall–Kier alpha value is -0.560. The molecule has 1 N–H and O–H groups in total. The van der Waals surface area contributed by atoms with Crippen LogP contribution in [0.4, 0.5) is 0 Å². The molecule has 0 bridgehead atoms. The fourth-order valence-corrected chi connectivity index (χ4v) is 4.10. The molecule has 0 spiro atoms. The van der Waals surface area contributed by atoms with Gasteiger partial charge in [0.2, 0.25) is 0 Å². The summed E-state index contributed by atoms with van der Waals surface area (Å²) in [6.07, 6.45) is 2.25. The zero-order chi connectivity index (χ0) is 14.6. The molecule has 1 aliphatic heterocycles. The van der Waals surface area contributed by atoms with E-state index in [4.69, 9.17) is 4.74 Å². The number of sulfone groups is 1. The van der Waals surface area contributed by atoms with Gasteiger partial charge in [0, 0.05) is 29.0 Å². The van der Waals surface area contributed by atoms with Crippen molar-refractivity contribution < 1.29 is 13.2 Å². The maximum atomic E-state index is 11.4. The van der Waals surface area contributed by atoms with Gasteiger partial charge in [-0.25, -0.2) is 8.42 Å². The molecule has 0 saturated carbocycles. The molecular weight excluding hydrogens is 294 g/mol. The Morgan fingerprint density at radius 1 is 1.35 bits per heavy atom. The third kappa shape index (κ3) is 4.22. The minimum absolute atomic E-state index is 0.366. The molecule has 20 heavy (non-hydrogen) atoms. The lowest BCUT2D eigenvalue weighted by Gasteiger charge is -2.31. The molecule has 2 unspecified atom stereocenters. The third-order valence-electron chi connectivity index (χ3n) is 3.31. The SMILES string of the molecule is CCNC1CCOCC1Sc1ccc(S(C)(=O)=O)cc1. The molecule has 1 aliphatic rings. The van der Waals surface area contributed by atoms with E-state index in [-0.39, 0.29) is 0 Å². The number of ether oxygens (including phenoxy) is 1. The molecule has 2 atom stereocenters. The Bertz CT molecular complexity index is 526. The Labute approximate surface area is 125 Å². The number of rotatable bonds is 5. The topological polar surface area (TPSA) is 55.4 Å². The van der Waals surface area contributed by atoms with E-state index in [0.717, 1.165) is 31.1 Å². The molecule has 0 aromatic heterocycles. The highest BCUT2D eigenvalue weighted by molar-refractivity contribution is 8.00. The van der Waals surface area contributed by atoms with Crippen LogP contribution in [0.1, 0.15) is 13.3 Å². The number of hydrogen-bond acceptors (Lipinski definition) is 5. The average Bonchev–Trinajstić information content (AvgIpc) is 2.41. The van der Waals surface area contributed by atoms with Gasteiger partial charge >= 0.3 is 0 Å². The standard InChI is InChI=1S/C14H21NO3S2/c1-3-15-13-8-9-18-10-14(13)19-11-4-6-12(7-5-11)20(2,16)17/h4-7,13-15H,3,8-10H2,1-2H3. The van der Waals surface area contributed by atoms with E-state index >= 15 is 0 Å². The first kappa shape index (κ1) is 15.8. The lowest BCUT2D eigenvalue weighted by atomic mass is 10.1. The van der Waals surface area contributed by atoms with Crippen molar-refractivity contribution in [1.82, 2.24) is 5.32 Å². The highest BCUT2D eigenvalue weighted by atomic mass is 32.2. The Balaban J connectivity index is 2.05. The van der Waals surface area contributed by atoms with Crippen LogP contribution in [0.25, 0.3) is 0 Å². The van der Waals surface area contributed by atoms with E-state index < -0.39 is 9.84 Å². The maximum absolute atomic E-state index is 11.4. The predicted octanol–water partition coefficient (Wildman–Crippen LogP) is 1.95. The van der Waals surface area contributed by atoms with Crippen LogP contribution < -0.4 is 5.32 Å². The van der Waals surface area contributed by atoms with Gasteiger partial charge in [-0.05, 0) is 37.2 Å². The van der Waals surface area contributed by atoms with E-state index in [0.29, 0.717) is 16.2 Å². The van der Waals surface area contributed by atoms with Gasteiger partial charge in [0.15, 0.2) is 9.84 Å². The van der Waals surface area contributed by atoms with Crippen LogP contribution in [-0.2, 0) is 14.6 Å². The summed E-state index contributed by atoms with van der Waals surface area (Å²) in [6.45, 7) is 4.60. The number of nitrogens with one attached hydrogen (secondary N) is 1. The molecule has 1 heterocycles. The van der Waals surface area contributed by atoms with E-state index in [1.165, 1.54) is 6.26 Å². The van der Waals surface area contributed by atoms with E-state index in [2.05, 4.69) is 12.2 Å². The van der Waals surface area contributed by atoms with Crippen LogP contribution in [0.15, 0.2) is 34.1 Å². The molecule has 4 nitrogen and oxygen atoms in total. The second kappa shape index (κ2) is 6.93. The zero-order valence-corrected chi connectivity index (χ0v) is 13.5. The average molecular weight is 315 g/mol. The molecule has 1 fully saturated rings. The van der Waals surface area contributed by atoms with Crippen molar-refractivity contribution in [2.75, 3.05) is 26.0 Å². The van der Waals surface area contributed by atoms with Crippen molar-refractivity contribution in [3.8, 4) is 0 Å². The van der Waals surface area contributed by atoms with Crippen LogP contribution >= 0.6 is 11.8 Å². The zero-order valence-electron chi connectivity index (χ0n) is 11.8. The molecule has 1 aromatic rings. The smallest absolute Gasteiger partial charge is 0.175 e. The largest absolute Gasteiger partial charge is 0.380 e. The summed E-state index contributed by atoms with van der Waals surface area (Å²) in [7, 11) is -3.12. The minimum Gasteiger partial charge on any atom is -0.380 e. The molecule has 2 rings (SSSR count). The highest BCUT2D eigenvalue weighted by Crippen LogP contribution is 2.29. The van der Waals surface area contributed by atoms with Crippen molar-refractivity contribution in [3.05, 3.63) is 24.3 Å². The number of hydrogen-bond donors (Lipinski definition) is 1. The summed E-state index contributed by atoms with van der Waals surface area (Å²) in [5, 5.41) is 3.86.